The summed E-state index contributed by atoms with van der Waals surface area (Å²) in [5.41, 5.74) is 1.18. The highest BCUT2D eigenvalue weighted by atomic mass is 79.9. The van der Waals surface area contributed by atoms with Crippen LogP contribution in [0.4, 0.5) is 0 Å². The molecule has 0 saturated heterocycles. The number of rotatable bonds is 46. The molecule has 0 unspecified atom stereocenters. The summed E-state index contributed by atoms with van der Waals surface area (Å²) in [5.74, 6) is 0. The molecule has 0 radical (unpaired) electrons. The van der Waals surface area contributed by atoms with Crippen molar-refractivity contribution >= 4 is 15.9 Å². The topological polar surface area (TPSA) is 0 Å². The molecule has 0 aromatic carbocycles. The largest absolute Gasteiger partial charge is 0.315 e. The average Bonchev–Trinajstić information content (AvgIpc) is 3.14. The molecule has 0 aliphatic heterocycles. The van der Waals surface area contributed by atoms with Gasteiger partial charge in [0.25, 0.3) is 0 Å². The lowest BCUT2D eigenvalue weighted by Crippen LogP contribution is -2.49. The molecule has 2 heteroatoms. The van der Waals surface area contributed by atoms with Gasteiger partial charge in [-0.25, -0.2) is 0 Å². The molecule has 0 aromatic rings. The number of halogens is 1. The van der Waals surface area contributed by atoms with E-state index in [9.17, 15) is 0 Å². The zero-order valence-corrected chi connectivity index (χ0v) is 37.9. The van der Waals surface area contributed by atoms with Crippen molar-refractivity contribution < 1.29 is 4.48 Å². The molecule has 0 amide bonds. The summed E-state index contributed by atoms with van der Waals surface area (Å²) in [7, 11) is 0. The molecule has 0 bridgehead atoms. The van der Waals surface area contributed by atoms with E-state index in [1.54, 1.807) is 0 Å². The summed E-state index contributed by atoms with van der Waals surface area (Å²) in [4.78, 5) is 0. The first-order valence-corrected chi connectivity index (χ1v) is 25.8. The van der Waals surface area contributed by atoms with Gasteiger partial charge in [0.2, 0.25) is 0 Å². The number of hydrogen-bond donors (Lipinski definition) is 0. The highest BCUT2D eigenvalue weighted by Crippen LogP contribution is 2.21. The van der Waals surface area contributed by atoms with Gasteiger partial charge in [0.1, 0.15) is 5.45 Å². The highest BCUT2D eigenvalue weighted by molar-refractivity contribution is 9.09. The molecular formula is C49H101BrN+. The second kappa shape index (κ2) is 44.8. The molecule has 308 valence electrons. The molecule has 0 N–H and O–H groups in total. The fourth-order valence-electron chi connectivity index (χ4n) is 8.44. The smallest absolute Gasteiger partial charge is 0.134 e. The molecule has 1 nitrogen and oxygen atoms in total. The van der Waals surface area contributed by atoms with E-state index in [0.717, 1.165) is 0 Å². The predicted molar refractivity (Wildman–Crippen MR) is 240 cm³/mol. The highest BCUT2D eigenvalue weighted by Gasteiger charge is 2.24. The Morgan fingerprint density at radius 3 is 0.490 bits per heavy atom. The van der Waals surface area contributed by atoms with Crippen molar-refractivity contribution in [1.82, 2.24) is 0 Å². The first-order valence-electron chi connectivity index (χ1n) is 24.7. The Hall–Kier alpha value is 0.440. The van der Waals surface area contributed by atoms with Crippen LogP contribution < -0.4 is 0 Å². The van der Waals surface area contributed by atoms with Gasteiger partial charge in [-0.2, -0.15) is 0 Å². The van der Waals surface area contributed by atoms with E-state index in [1.807, 2.05) is 0 Å². The first kappa shape index (κ1) is 51.4. The zero-order chi connectivity index (χ0) is 37.0. The molecule has 0 aromatic heterocycles. The minimum absolute atomic E-state index is 1.18. The Morgan fingerprint density at radius 2 is 0.353 bits per heavy atom. The summed E-state index contributed by atoms with van der Waals surface area (Å²) >= 11 is 4.07. The number of alkyl halides is 1. The van der Waals surface area contributed by atoms with Crippen molar-refractivity contribution in [2.24, 2.45) is 0 Å². The SMILES string of the molecule is CCCCCCCCCCCCCCCC[N+](CBr)(CCCCCCCCCCCCCCCC)CCCCCCCCCCCCCCCC. The Morgan fingerprint density at radius 1 is 0.216 bits per heavy atom. The van der Waals surface area contributed by atoms with Crippen molar-refractivity contribution in [2.75, 3.05) is 25.1 Å². The molecule has 0 spiro atoms. The molecule has 0 saturated carbocycles. The van der Waals surface area contributed by atoms with Crippen molar-refractivity contribution in [2.45, 2.75) is 290 Å². The third-order valence-electron chi connectivity index (χ3n) is 12.2. The summed E-state index contributed by atoms with van der Waals surface area (Å²) in [6, 6.07) is 0. The Kier molecular flexibility index (Phi) is 45.2. The van der Waals surface area contributed by atoms with Gasteiger partial charge in [-0.15, -0.1) is 0 Å². The molecule has 0 aliphatic carbocycles. The van der Waals surface area contributed by atoms with E-state index in [2.05, 4.69) is 36.7 Å². The molecule has 0 heterocycles. The molecule has 0 atom stereocenters. The molecular weight excluding hydrogens is 682 g/mol. The normalized spacial score (nSPS) is 12.0. The van der Waals surface area contributed by atoms with Crippen LogP contribution in [-0.2, 0) is 0 Å². The second-order valence-corrected chi connectivity index (χ2v) is 17.9. The van der Waals surface area contributed by atoms with E-state index >= 15 is 0 Å². The van der Waals surface area contributed by atoms with Crippen LogP contribution in [0.25, 0.3) is 0 Å². The van der Waals surface area contributed by atoms with Gasteiger partial charge in [-0.05, 0) is 54.5 Å². The number of nitrogens with zero attached hydrogens (tertiary/aromatic N) is 1. The zero-order valence-electron chi connectivity index (χ0n) is 36.4. The predicted octanol–water partition coefficient (Wildman–Crippen LogP) is 18.6. The minimum atomic E-state index is 1.18. The van der Waals surface area contributed by atoms with E-state index in [-0.39, 0.29) is 0 Å². The maximum absolute atomic E-state index is 4.07. The van der Waals surface area contributed by atoms with Gasteiger partial charge < -0.3 is 4.48 Å². The maximum Gasteiger partial charge on any atom is 0.134 e. The molecule has 0 rings (SSSR count). The fraction of sp³-hybridized carbons (Fsp3) is 1.00. The third-order valence-corrected chi connectivity index (χ3v) is 13.3. The average molecular weight is 784 g/mol. The lowest BCUT2D eigenvalue weighted by Gasteiger charge is -2.37. The fourth-order valence-corrected chi connectivity index (χ4v) is 9.19. The second-order valence-electron chi connectivity index (χ2n) is 17.4. The maximum atomic E-state index is 4.07. The number of unbranched alkanes of at least 4 members (excludes halogenated alkanes) is 39. The summed E-state index contributed by atoms with van der Waals surface area (Å²) in [6.07, 6.45) is 61.4. The Balaban J connectivity index is 4.20. The summed E-state index contributed by atoms with van der Waals surface area (Å²) in [6.45, 7) is 11.2. The quantitative estimate of drug-likeness (QED) is 0.0250. The number of hydrogen-bond acceptors (Lipinski definition) is 0. The van der Waals surface area contributed by atoms with Crippen LogP contribution in [0, 0.1) is 0 Å². The lowest BCUT2D eigenvalue weighted by atomic mass is 10.0. The molecule has 0 fully saturated rings. The third kappa shape index (κ3) is 39.9. The van der Waals surface area contributed by atoms with Crippen LogP contribution >= 0.6 is 15.9 Å². The van der Waals surface area contributed by atoms with Gasteiger partial charge >= 0.3 is 0 Å². The van der Waals surface area contributed by atoms with E-state index in [4.69, 9.17) is 0 Å². The van der Waals surface area contributed by atoms with E-state index in [1.165, 1.54) is 299 Å². The van der Waals surface area contributed by atoms with Gasteiger partial charge in [0.15, 0.2) is 0 Å². The Bertz CT molecular complexity index is 526. The minimum Gasteiger partial charge on any atom is -0.315 e. The van der Waals surface area contributed by atoms with Crippen LogP contribution in [0.5, 0.6) is 0 Å². The first-order chi connectivity index (χ1) is 25.2. The Labute approximate surface area is 334 Å². The molecule has 51 heavy (non-hydrogen) atoms. The van der Waals surface area contributed by atoms with E-state index in [0.29, 0.717) is 0 Å². The van der Waals surface area contributed by atoms with Crippen molar-refractivity contribution in [3.05, 3.63) is 0 Å². The number of quaternary nitrogens is 1. The lowest BCUT2D eigenvalue weighted by molar-refractivity contribution is -0.916. The van der Waals surface area contributed by atoms with E-state index < -0.39 is 0 Å². The van der Waals surface area contributed by atoms with Gasteiger partial charge in [-0.1, -0.05) is 252 Å². The van der Waals surface area contributed by atoms with Gasteiger partial charge in [0.05, 0.1) is 19.6 Å². The van der Waals surface area contributed by atoms with Crippen LogP contribution in [-0.4, -0.2) is 29.6 Å². The van der Waals surface area contributed by atoms with Crippen LogP contribution in [0.3, 0.4) is 0 Å². The van der Waals surface area contributed by atoms with Gasteiger partial charge in [0, 0.05) is 0 Å². The summed E-state index contributed by atoms with van der Waals surface area (Å²) < 4.78 is 1.36. The monoisotopic (exact) mass is 783 g/mol. The van der Waals surface area contributed by atoms with Crippen LogP contribution in [0.15, 0.2) is 0 Å². The van der Waals surface area contributed by atoms with Crippen LogP contribution in [0.2, 0.25) is 0 Å². The van der Waals surface area contributed by atoms with Crippen LogP contribution in [0.1, 0.15) is 290 Å². The van der Waals surface area contributed by atoms with Crippen molar-refractivity contribution in [3.63, 3.8) is 0 Å². The van der Waals surface area contributed by atoms with Gasteiger partial charge in [-0.3, -0.25) is 0 Å². The summed E-state index contributed by atoms with van der Waals surface area (Å²) in [5, 5.41) is 0. The molecule has 0 aliphatic rings. The van der Waals surface area contributed by atoms with Crippen molar-refractivity contribution in [1.29, 1.82) is 0 Å². The standard InChI is InChI=1S/C49H101BrN/c1-4-7-10-13-16-19-22-25-28-31-34-37-40-43-46-51(49-50,47-44-41-38-35-32-29-26-23-20-17-14-11-8-5-2)48-45-42-39-36-33-30-27-24-21-18-15-12-9-6-3/h4-49H2,1-3H3/q+1. The van der Waals surface area contributed by atoms with Crippen molar-refractivity contribution in [3.8, 4) is 0 Å².